The molecule has 0 bridgehead atoms. The highest BCUT2D eigenvalue weighted by Crippen LogP contribution is 2.32. The molecule has 94 valence electrons. The Morgan fingerprint density at radius 2 is 1.76 bits per heavy atom. The quantitative estimate of drug-likeness (QED) is 0.762. The molecule has 0 spiro atoms. The molecule has 0 saturated heterocycles. The predicted octanol–water partition coefficient (Wildman–Crippen LogP) is 2.77. The molecule has 1 heterocycles. The number of hydrogen-bond donors (Lipinski definition) is 0. The highest BCUT2D eigenvalue weighted by atomic mass is 19.4. The number of pyridine rings is 1. The number of aromatic nitrogens is 1. The Hall–Kier alpha value is -1.60. The first-order valence-electron chi connectivity index (χ1n) is 4.22. The number of ketones is 1. The van der Waals surface area contributed by atoms with E-state index >= 15 is 0 Å². The second kappa shape index (κ2) is 4.34. The van der Waals surface area contributed by atoms with E-state index in [0.29, 0.717) is 6.20 Å². The van der Waals surface area contributed by atoms with Crippen LogP contribution < -0.4 is 0 Å². The first-order chi connectivity index (χ1) is 7.62. The molecule has 8 heteroatoms. The number of Topliss-reactive ketones (excluding diaryl/α,β-unsaturated/α-hetero) is 1. The zero-order valence-electron chi connectivity index (χ0n) is 8.06. The lowest BCUT2D eigenvalue weighted by Crippen LogP contribution is -2.25. The van der Waals surface area contributed by atoms with Crippen LogP contribution in [0.4, 0.5) is 26.3 Å². The van der Waals surface area contributed by atoms with E-state index in [0.717, 1.165) is 12.3 Å². The summed E-state index contributed by atoms with van der Waals surface area (Å²) in [5.41, 5.74) is -2.08. The van der Waals surface area contributed by atoms with Crippen LogP contribution in [0.3, 0.4) is 0 Å². The second-order valence-corrected chi connectivity index (χ2v) is 3.13. The van der Waals surface area contributed by atoms with Crippen molar-refractivity contribution in [1.29, 1.82) is 0 Å². The highest BCUT2D eigenvalue weighted by molar-refractivity contribution is 5.86. The van der Waals surface area contributed by atoms with Crippen molar-refractivity contribution in [2.75, 3.05) is 0 Å². The molecule has 0 N–H and O–H groups in total. The first-order valence-corrected chi connectivity index (χ1v) is 4.22. The molecule has 0 radical (unpaired) electrons. The summed E-state index contributed by atoms with van der Waals surface area (Å²) in [5.74, 6) is -2.23. The molecule has 17 heavy (non-hydrogen) atoms. The van der Waals surface area contributed by atoms with Gasteiger partial charge in [-0.1, -0.05) is 0 Å². The normalized spacial score (nSPS) is 12.6. The van der Waals surface area contributed by atoms with Crippen LogP contribution in [0.25, 0.3) is 0 Å². The van der Waals surface area contributed by atoms with Gasteiger partial charge in [-0.3, -0.25) is 9.78 Å². The summed E-state index contributed by atoms with van der Waals surface area (Å²) in [6, 6.07) is 0.743. The first kappa shape index (κ1) is 13.5. The summed E-state index contributed by atoms with van der Waals surface area (Å²) in [6.45, 7) is 0. The Kier molecular flexibility index (Phi) is 3.44. The SMILES string of the molecule is O=C(Cc1ccncc1C(F)(F)F)C(F)(F)F. The van der Waals surface area contributed by atoms with Crippen molar-refractivity contribution in [2.24, 2.45) is 0 Å². The number of hydrogen-bond acceptors (Lipinski definition) is 2. The lowest BCUT2D eigenvalue weighted by molar-refractivity contribution is -0.170. The molecule has 0 saturated carbocycles. The Balaban J connectivity index is 3.04. The fourth-order valence-electron chi connectivity index (χ4n) is 1.11. The van der Waals surface area contributed by atoms with Crippen LogP contribution in [0.1, 0.15) is 11.1 Å². The van der Waals surface area contributed by atoms with Crippen molar-refractivity contribution in [1.82, 2.24) is 4.98 Å². The van der Waals surface area contributed by atoms with E-state index in [4.69, 9.17) is 0 Å². The van der Waals surface area contributed by atoms with E-state index in [1.54, 1.807) is 0 Å². The van der Waals surface area contributed by atoms with Gasteiger partial charge in [0.15, 0.2) is 0 Å². The largest absolute Gasteiger partial charge is 0.450 e. The van der Waals surface area contributed by atoms with Gasteiger partial charge in [0.25, 0.3) is 0 Å². The van der Waals surface area contributed by atoms with E-state index in [1.807, 2.05) is 0 Å². The van der Waals surface area contributed by atoms with E-state index < -0.39 is 35.7 Å². The van der Waals surface area contributed by atoms with Crippen LogP contribution in [-0.4, -0.2) is 16.9 Å². The van der Waals surface area contributed by atoms with Gasteiger partial charge in [-0.25, -0.2) is 0 Å². The maximum Gasteiger partial charge on any atom is 0.450 e. The van der Waals surface area contributed by atoms with Crippen LogP contribution in [0, 0.1) is 0 Å². The number of rotatable bonds is 2. The van der Waals surface area contributed by atoms with Gasteiger partial charge >= 0.3 is 12.4 Å². The van der Waals surface area contributed by atoms with E-state index in [2.05, 4.69) is 4.98 Å². The highest BCUT2D eigenvalue weighted by Gasteiger charge is 2.40. The lowest BCUT2D eigenvalue weighted by Gasteiger charge is -2.12. The van der Waals surface area contributed by atoms with Crippen LogP contribution >= 0.6 is 0 Å². The van der Waals surface area contributed by atoms with Gasteiger partial charge in [-0.15, -0.1) is 0 Å². The topological polar surface area (TPSA) is 30.0 Å². The summed E-state index contributed by atoms with van der Waals surface area (Å²) in [4.78, 5) is 13.8. The number of carbonyl (C=O) groups excluding carboxylic acids is 1. The van der Waals surface area contributed by atoms with Gasteiger partial charge in [0, 0.05) is 18.8 Å². The fourth-order valence-corrected chi connectivity index (χ4v) is 1.11. The molecule has 2 nitrogen and oxygen atoms in total. The summed E-state index contributed by atoms with van der Waals surface area (Å²) in [6.07, 6.45) is -10.0. The number of alkyl halides is 6. The third kappa shape index (κ3) is 3.43. The van der Waals surface area contributed by atoms with Crippen molar-refractivity contribution < 1.29 is 31.1 Å². The molecule has 0 amide bonds. The van der Waals surface area contributed by atoms with Crippen molar-refractivity contribution in [3.8, 4) is 0 Å². The minimum absolute atomic E-state index is 0.388. The molecule has 0 aliphatic rings. The summed E-state index contributed by atoms with van der Waals surface area (Å²) < 4.78 is 72.8. The number of carbonyl (C=O) groups is 1. The van der Waals surface area contributed by atoms with Crippen LogP contribution in [0.5, 0.6) is 0 Å². The molecule has 0 aliphatic heterocycles. The molecule has 1 aromatic heterocycles. The molecule has 0 fully saturated rings. The predicted molar refractivity (Wildman–Crippen MR) is 44.0 cm³/mol. The Bertz CT molecular complexity index is 422. The third-order valence-electron chi connectivity index (χ3n) is 1.88. The minimum Gasteiger partial charge on any atom is -0.289 e. The average Bonchev–Trinajstić information content (AvgIpc) is 2.15. The third-order valence-corrected chi connectivity index (χ3v) is 1.88. The molecule has 1 rings (SSSR count). The standard InChI is InChI=1S/C9H5F6NO/c10-8(11,12)6-4-16-2-1-5(6)3-7(17)9(13,14)15/h1-2,4H,3H2. The number of halogens is 6. The van der Waals surface area contributed by atoms with Gasteiger partial charge in [-0.2, -0.15) is 26.3 Å². The maximum absolute atomic E-state index is 12.4. The second-order valence-electron chi connectivity index (χ2n) is 3.13. The zero-order chi connectivity index (χ0) is 13.3. The zero-order valence-corrected chi connectivity index (χ0v) is 8.06. The number of nitrogens with zero attached hydrogens (tertiary/aromatic N) is 1. The summed E-state index contributed by atoms with van der Waals surface area (Å²) >= 11 is 0. The van der Waals surface area contributed by atoms with E-state index in [-0.39, 0.29) is 0 Å². The molecule has 0 atom stereocenters. The maximum atomic E-state index is 12.4. The minimum atomic E-state index is -5.15. The fraction of sp³-hybridized carbons (Fsp3) is 0.333. The van der Waals surface area contributed by atoms with Crippen molar-refractivity contribution in [3.05, 3.63) is 29.6 Å². The van der Waals surface area contributed by atoms with Gasteiger partial charge in [0.1, 0.15) is 0 Å². The monoisotopic (exact) mass is 257 g/mol. The lowest BCUT2D eigenvalue weighted by atomic mass is 10.0. The summed E-state index contributed by atoms with van der Waals surface area (Å²) in [5, 5.41) is 0. The van der Waals surface area contributed by atoms with Gasteiger partial charge in [-0.05, 0) is 11.6 Å². The van der Waals surface area contributed by atoms with Crippen LogP contribution in [-0.2, 0) is 17.4 Å². The van der Waals surface area contributed by atoms with Gasteiger partial charge < -0.3 is 0 Å². The molecule has 0 aromatic carbocycles. The van der Waals surface area contributed by atoms with Gasteiger partial charge in [0.2, 0.25) is 5.78 Å². The van der Waals surface area contributed by atoms with E-state index in [9.17, 15) is 31.1 Å². The van der Waals surface area contributed by atoms with Crippen LogP contribution in [0.15, 0.2) is 18.5 Å². The Morgan fingerprint density at radius 1 is 1.18 bits per heavy atom. The average molecular weight is 257 g/mol. The van der Waals surface area contributed by atoms with Crippen molar-refractivity contribution >= 4 is 5.78 Å². The molecule has 0 aliphatic carbocycles. The molecule has 0 unspecified atom stereocenters. The summed E-state index contributed by atoms with van der Waals surface area (Å²) in [7, 11) is 0. The Labute approximate surface area is 91.3 Å². The molecular weight excluding hydrogens is 252 g/mol. The Morgan fingerprint density at radius 3 is 2.24 bits per heavy atom. The van der Waals surface area contributed by atoms with Gasteiger partial charge in [0.05, 0.1) is 5.56 Å². The van der Waals surface area contributed by atoms with Crippen molar-refractivity contribution in [2.45, 2.75) is 18.8 Å². The molecule has 1 aromatic rings. The van der Waals surface area contributed by atoms with Crippen molar-refractivity contribution in [3.63, 3.8) is 0 Å². The molecular formula is C9H5F6NO. The van der Waals surface area contributed by atoms with E-state index in [1.165, 1.54) is 0 Å². The van der Waals surface area contributed by atoms with Crippen LogP contribution in [0.2, 0.25) is 0 Å². The smallest absolute Gasteiger partial charge is 0.289 e.